The lowest BCUT2D eigenvalue weighted by molar-refractivity contribution is 0.0690. The van der Waals surface area contributed by atoms with E-state index in [1.165, 1.54) is 6.20 Å². The van der Waals surface area contributed by atoms with Gasteiger partial charge in [-0.05, 0) is 26.4 Å². The van der Waals surface area contributed by atoms with Crippen LogP contribution in [0.3, 0.4) is 0 Å². The predicted octanol–water partition coefficient (Wildman–Crippen LogP) is 0.243. The van der Waals surface area contributed by atoms with Crippen molar-refractivity contribution in [2.45, 2.75) is 18.9 Å². The zero-order valence-electron chi connectivity index (χ0n) is 8.63. The summed E-state index contributed by atoms with van der Waals surface area (Å²) in [4.78, 5) is 12.9. The molecule has 82 valence electrons. The van der Waals surface area contributed by atoms with E-state index in [4.69, 9.17) is 5.11 Å². The van der Waals surface area contributed by atoms with E-state index in [1.54, 1.807) is 4.68 Å². The van der Waals surface area contributed by atoms with Crippen molar-refractivity contribution < 1.29 is 9.90 Å². The van der Waals surface area contributed by atoms with Gasteiger partial charge in [0.15, 0.2) is 5.69 Å². The molecular weight excluding hydrogens is 196 g/mol. The maximum Gasteiger partial charge on any atom is 0.358 e. The lowest BCUT2D eigenvalue weighted by atomic mass is 10.1. The Hall–Kier alpha value is -1.43. The Labute approximate surface area is 87.5 Å². The second-order valence-electron chi connectivity index (χ2n) is 3.95. The van der Waals surface area contributed by atoms with Gasteiger partial charge in [-0.3, -0.25) is 0 Å². The smallest absolute Gasteiger partial charge is 0.358 e. The zero-order valence-corrected chi connectivity index (χ0v) is 8.63. The first kappa shape index (κ1) is 10.1. The molecule has 2 rings (SSSR count). The number of hydrogen-bond donors (Lipinski definition) is 1. The van der Waals surface area contributed by atoms with Gasteiger partial charge in [-0.2, -0.15) is 0 Å². The Balaban J connectivity index is 2.11. The molecule has 0 saturated carbocycles. The van der Waals surface area contributed by atoms with Crippen LogP contribution >= 0.6 is 0 Å². The molecule has 0 spiro atoms. The van der Waals surface area contributed by atoms with Gasteiger partial charge in [0.1, 0.15) is 0 Å². The van der Waals surface area contributed by atoms with E-state index < -0.39 is 5.97 Å². The lowest BCUT2D eigenvalue weighted by Gasteiger charge is -2.29. The molecular formula is C9H14N4O2. The highest BCUT2D eigenvalue weighted by molar-refractivity contribution is 5.84. The molecule has 1 aliphatic rings. The summed E-state index contributed by atoms with van der Waals surface area (Å²) in [6, 6.07) is 0.254. The van der Waals surface area contributed by atoms with Gasteiger partial charge >= 0.3 is 5.97 Å². The van der Waals surface area contributed by atoms with Gasteiger partial charge in [-0.25, -0.2) is 9.48 Å². The Bertz CT molecular complexity index is 363. The number of carbonyl (C=O) groups is 1. The molecule has 1 fully saturated rings. The number of carboxylic acids is 1. The highest BCUT2D eigenvalue weighted by Crippen LogP contribution is 2.19. The van der Waals surface area contributed by atoms with Crippen molar-refractivity contribution in [3.63, 3.8) is 0 Å². The Morgan fingerprint density at radius 3 is 3.07 bits per heavy atom. The number of aromatic carboxylic acids is 1. The Morgan fingerprint density at radius 2 is 2.47 bits per heavy atom. The quantitative estimate of drug-likeness (QED) is 0.757. The molecule has 2 heterocycles. The maximum atomic E-state index is 10.6. The molecule has 0 amide bonds. The molecule has 15 heavy (non-hydrogen) atoms. The van der Waals surface area contributed by atoms with E-state index in [2.05, 4.69) is 22.3 Å². The van der Waals surface area contributed by atoms with E-state index >= 15 is 0 Å². The average Bonchev–Trinajstić information content (AvgIpc) is 2.66. The second-order valence-corrected chi connectivity index (χ2v) is 3.95. The van der Waals surface area contributed by atoms with Gasteiger partial charge in [0.05, 0.1) is 12.2 Å². The van der Waals surface area contributed by atoms with Crippen LogP contribution in [0.4, 0.5) is 0 Å². The predicted molar refractivity (Wildman–Crippen MR) is 52.7 cm³/mol. The second kappa shape index (κ2) is 3.98. The summed E-state index contributed by atoms with van der Waals surface area (Å²) in [6.07, 6.45) is 3.66. The van der Waals surface area contributed by atoms with Crippen LogP contribution in [0.15, 0.2) is 6.20 Å². The van der Waals surface area contributed by atoms with Gasteiger partial charge in [0.2, 0.25) is 0 Å². The fourth-order valence-corrected chi connectivity index (χ4v) is 1.91. The summed E-state index contributed by atoms with van der Waals surface area (Å²) in [7, 11) is 2.06. The molecule has 0 aromatic carbocycles. The molecule has 1 atom stereocenters. The number of likely N-dealkylation sites (tertiary alicyclic amines) is 1. The highest BCUT2D eigenvalue weighted by atomic mass is 16.4. The summed E-state index contributed by atoms with van der Waals surface area (Å²) in [5.74, 6) is -1.02. The Kier molecular flexibility index (Phi) is 2.68. The van der Waals surface area contributed by atoms with Crippen LogP contribution in [0.25, 0.3) is 0 Å². The van der Waals surface area contributed by atoms with Crippen LogP contribution in [0.5, 0.6) is 0 Å². The number of rotatable bonds is 2. The van der Waals surface area contributed by atoms with Crippen molar-refractivity contribution in [3.8, 4) is 0 Å². The minimum absolute atomic E-state index is 0.0169. The van der Waals surface area contributed by atoms with Gasteiger partial charge in [0.25, 0.3) is 0 Å². The van der Waals surface area contributed by atoms with Crippen LogP contribution in [0, 0.1) is 0 Å². The van der Waals surface area contributed by atoms with Crippen molar-refractivity contribution in [1.82, 2.24) is 19.9 Å². The lowest BCUT2D eigenvalue weighted by Crippen LogP contribution is -2.33. The highest BCUT2D eigenvalue weighted by Gasteiger charge is 2.20. The van der Waals surface area contributed by atoms with Crippen molar-refractivity contribution in [2.75, 3.05) is 20.1 Å². The number of likely N-dealkylation sites (N-methyl/N-ethyl adjacent to an activating group) is 1. The van der Waals surface area contributed by atoms with Gasteiger partial charge in [0, 0.05) is 6.54 Å². The molecule has 0 unspecified atom stereocenters. The fourth-order valence-electron chi connectivity index (χ4n) is 1.91. The minimum Gasteiger partial charge on any atom is -0.476 e. The van der Waals surface area contributed by atoms with Crippen LogP contribution in [-0.4, -0.2) is 51.1 Å². The molecule has 1 aliphatic heterocycles. The molecule has 0 bridgehead atoms. The standard InChI is InChI=1S/C9H14N4O2/c1-12-4-2-3-7(5-12)13-6-8(9(14)15)10-11-13/h6-7H,2-5H2,1H3,(H,14,15)/t7-/m1/s1. The Morgan fingerprint density at radius 1 is 1.67 bits per heavy atom. The summed E-state index contributed by atoms with van der Waals surface area (Å²) >= 11 is 0. The van der Waals surface area contributed by atoms with Crippen molar-refractivity contribution in [2.24, 2.45) is 0 Å². The number of aromatic nitrogens is 3. The van der Waals surface area contributed by atoms with E-state index in [0.29, 0.717) is 0 Å². The van der Waals surface area contributed by atoms with E-state index in [0.717, 1.165) is 25.9 Å². The largest absolute Gasteiger partial charge is 0.476 e. The first-order valence-corrected chi connectivity index (χ1v) is 5.00. The normalized spacial score (nSPS) is 22.9. The number of hydrogen-bond acceptors (Lipinski definition) is 4. The van der Waals surface area contributed by atoms with Crippen molar-refractivity contribution in [1.29, 1.82) is 0 Å². The average molecular weight is 210 g/mol. The summed E-state index contributed by atoms with van der Waals surface area (Å²) in [5.41, 5.74) is 0.0169. The topological polar surface area (TPSA) is 71.2 Å². The maximum absolute atomic E-state index is 10.6. The van der Waals surface area contributed by atoms with E-state index in [9.17, 15) is 4.79 Å². The molecule has 1 saturated heterocycles. The van der Waals surface area contributed by atoms with Crippen LogP contribution < -0.4 is 0 Å². The monoisotopic (exact) mass is 210 g/mol. The van der Waals surface area contributed by atoms with Crippen LogP contribution in [0.1, 0.15) is 29.4 Å². The summed E-state index contributed by atoms with van der Waals surface area (Å²) < 4.78 is 1.67. The molecule has 6 heteroatoms. The van der Waals surface area contributed by atoms with E-state index in [-0.39, 0.29) is 11.7 Å². The third kappa shape index (κ3) is 2.15. The van der Waals surface area contributed by atoms with Gasteiger partial charge in [-0.1, -0.05) is 5.21 Å². The van der Waals surface area contributed by atoms with Crippen LogP contribution in [-0.2, 0) is 0 Å². The molecule has 0 radical (unpaired) electrons. The zero-order chi connectivity index (χ0) is 10.8. The minimum atomic E-state index is -1.02. The number of carboxylic acid groups (broad SMARTS) is 1. The summed E-state index contributed by atoms with van der Waals surface area (Å²) in [6.45, 7) is 2.00. The number of nitrogens with zero attached hydrogens (tertiary/aromatic N) is 4. The molecule has 1 N–H and O–H groups in total. The SMILES string of the molecule is CN1CCC[C@@H](n2cc(C(=O)O)nn2)C1. The van der Waals surface area contributed by atoms with Crippen molar-refractivity contribution >= 4 is 5.97 Å². The molecule has 6 nitrogen and oxygen atoms in total. The first-order valence-electron chi connectivity index (χ1n) is 5.00. The van der Waals surface area contributed by atoms with Crippen LogP contribution in [0.2, 0.25) is 0 Å². The van der Waals surface area contributed by atoms with Gasteiger partial charge < -0.3 is 10.0 Å². The third-order valence-corrected chi connectivity index (χ3v) is 2.70. The fraction of sp³-hybridized carbons (Fsp3) is 0.667. The molecule has 1 aromatic rings. The van der Waals surface area contributed by atoms with Gasteiger partial charge in [-0.15, -0.1) is 5.10 Å². The first-order chi connectivity index (χ1) is 7.16. The summed E-state index contributed by atoms with van der Waals surface area (Å²) in [5, 5.41) is 16.2. The number of piperidine rings is 1. The third-order valence-electron chi connectivity index (χ3n) is 2.70. The molecule has 1 aromatic heterocycles. The van der Waals surface area contributed by atoms with Crippen molar-refractivity contribution in [3.05, 3.63) is 11.9 Å². The molecule has 0 aliphatic carbocycles. The van der Waals surface area contributed by atoms with E-state index in [1.807, 2.05) is 0 Å².